The number of rotatable bonds is 2. The largest absolute Gasteiger partial charge is 0.299 e. The third-order valence-corrected chi connectivity index (χ3v) is 8.20. The fourth-order valence-electron chi connectivity index (χ4n) is 4.36. The van der Waals surface area contributed by atoms with Crippen molar-refractivity contribution in [2.24, 2.45) is 11.8 Å². The van der Waals surface area contributed by atoms with Gasteiger partial charge in [-0.1, -0.05) is 25.7 Å². The standard InChI is InChI=1S/C15H24O3S/c16-15(11-5-2-1-3-6-11)12-9-13-7-4-8-14(10-12)19(13,17)18/h11-14H,1-10H2. The van der Waals surface area contributed by atoms with Gasteiger partial charge in [0, 0.05) is 11.8 Å². The highest BCUT2D eigenvalue weighted by Gasteiger charge is 2.46. The molecule has 0 amide bonds. The summed E-state index contributed by atoms with van der Waals surface area (Å²) in [6, 6.07) is 0. The molecule has 0 aromatic rings. The normalized spacial score (nSPS) is 38.8. The minimum Gasteiger partial charge on any atom is -0.299 e. The van der Waals surface area contributed by atoms with Crippen LogP contribution in [0, 0.1) is 11.8 Å². The van der Waals surface area contributed by atoms with Crippen LogP contribution in [0.3, 0.4) is 0 Å². The second-order valence-corrected chi connectivity index (χ2v) is 9.18. The minimum atomic E-state index is -2.91. The van der Waals surface area contributed by atoms with Crippen LogP contribution < -0.4 is 0 Å². The number of fused-ring (bicyclic) bond motifs is 2. The summed E-state index contributed by atoms with van der Waals surface area (Å²) >= 11 is 0. The SMILES string of the molecule is O=C(C1CCCCC1)C1CC2CCCC(C1)S2(=O)=O. The van der Waals surface area contributed by atoms with Crippen LogP contribution in [0.1, 0.15) is 64.2 Å². The van der Waals surface area contributed by atoms with Gasteiger partial charge < -0.3 is 0 Å². The lowest BCUT2D eigenvalue weighted by Gasteiger charge is -2.39. The molecule has 3 nitrogen and oxygen atoms in total. The van der Waals surface area contributed by atoms with Crippen LogP contribution in [0.2, 0.25) is 0 Å². The monoisotopic (exact) mass is 284 g/mol. The Morgan fingerprint density at radius 3 is 1.89 bits per heavy atom. The van der Waals surface area contributed by atoms with Gasteiger partial charge in [-0.05, 0) is 38.5 Å². The van der Waals surface area contributed by atoms with Crippen molar-refractivity contribution in [2.45, 2.75) is 74.7 Å². The maximum absolute atomic E-state index is 12.6. The Labute approximate surface area is 116 Å². The van der Waals surface area contributed by atoms with Gasteiger partial charge in [0.15, 0.2) is 9.84 Å². The van der Waals surface area contributed by atoms with E-state index in [2.05, 4.69) is 0 Å². The van der Waals surface area contributed by atoms with E-state index in [1.165, 1.54) is 19.3 Å². The average Bonchev–Trinajstić information content (AvgIpc) is 2.37. The Kier molecular flexibility index (Phi) is 3.71. The summed E-state index contributed by atoms with van der Waals surface area (Å²) in [5.41, 5.74) is 0. The van der Waals surface area contributed by atoms with E-state index in [4.69, 9.17) is 0 Å². The zero-order chi connectivity index (χ0) is 13.5. The lowest BCUT2D eigenvalue weighted by molar-refractivity contribution is -0.128. The van der Waals surface area contributed by atoms with Crippen molar-refractivity contribution in [1.29, 1.82) is 0 Å². The lowest BCUT2D eigenvalue weighted by Crippen LogP contribution is -2.46. The molecule has 0 radical (unpaired) electrons. The van der Waals surface area contributed by atoms with Crippen molar-refractivity contribution >= 4 is 15.6 Å². The number of sulfone groups is 1. The van der Waals surface area contributed by atoms with Gasteiger partial charge in [-0.3, -0.25) is 4.79 Å². The van der Waals surface area contributed by atoms with Crippen molar-refractivity contribution in [1.82, 2.24) is 0 Å². The topological polar surface area (TPSA) is 51.2 Å². The summed E-state index contributed by atoms with van der Waals surface area (Å²) in [6.07, 6.45) is 9.52. The molecule has 1 aliphatic carbocycles. The van der Waals surface area contributed by atoms with Crippen molar-refractivity contribution in [3.63, 3.8) is 0 Å². The molecule has 3 fully saturated rings. The molecule has 108 valence electrons. The smallest absolute Gasteiger partial charge is 0.156 e. The first-order valence-corrected chi connectivity index (χ1v) is 9.46. The van der Waals surface area contributed by atoms with Gasteiger partial charge in [-0.15, -0.1) is 0 Å². The van der Waals surface area contributed by atoms with Gasteiger partial charge in [0.2, 0.25) is 0 Å². The Morgan fingerprint density at radius 1 is 0.737 bits per heavy atom. The molecule has 2 saturated heterocycles. The molecular formula is C15H24O3S. The number of hydrogen-bond acceptors (Lipinski definition) is 3. The van der Waals surface area contributed by atoms with Gasteiger partial charge in [-0.25, -0.2) is 8.42 Å². The molecule has 19 heavy (non-hydrogen) atoms. The molecule has 2 aliphatic heterocycles. The third-order valence-electron chi connectivity index (χ3n) is 5.49. The van der Waals surface area contributed by atoms with Crippen LogP contribution in [0.25, 0.3) is 0 Å². The average molecular weight is 284 g/mol. The van der Waals surface area contributed by atoms with Gasteiger partial charge in [0.1, 0.15) is 5.78 Å². The Morgan fingerprint density at radius 2 is 1.32 bits per heavy atom. The maximum atomic E-state index is 12.6. The number of carbonyl (C=O) groups excluding carboxylic acids is 1. The molecule has 3 rings (SSSR count). The number of Topliss-reactive ketones (excluding diaryl/α,β-unsaturated/α-hetero) is 1. The van der Waals surface area contributed by atoms with Crippen LogP contribution in [0.4, 0.5) is 0 Å². The Balaban J connectivity index is 1.72. The predicted octanol–water partition coefficient (Wildman–Crippen LogP) is 2.88. The lowest BCUT2D eigenvalue weighted by atomic mass is 9.77. The fourth-order valence-corrected chi connectivity index (χ4v) is 6.90. The highest BCUT2D eigenvalue weighted by molar-refractivity contribution is 7.92. The van der Waals surface area contributed by atoms with Crippen LogP contribution >= 0.6 is 0 Å². The van der Waals surface area contributed by atoms with E-state index >= 15 is 0 Å². The fraction of sp³-hybridized carbons (Fsp3) is 0.933. The summed E-state index contributed by atoms with van der Waals surface area (Å²) in [5, 5.41) is -0.421. The van der Waals surface area contributed by atoms with E-state index in [-0.39, 0.29) is 22.3 Å². The summed E-state index contributed by atoms with van der Waals surface area (Å²) in [6.45, 7) is 0. The van der Waals surface area contributed by atoms with Crippen molar-refractivity contribution in [2.75, 3.05) is 0 Å². The summed E-state index contributed by atoms with van der Waals surface area (Å²) in [5.74, 6) is 0.675. The highest BCUT2D eigenvalue weighted by Crippen LogP contribution is 2.41. The van der Waals surface area contributed by atoms with Gasteiger partial charge in [0.25, 0.3) is 0 Å². The second kappa shape index (κ2) is 5.19. The molecule has 0 aromatic carbocycles. The van der Waals surface area contributed by atoms with E-state index in [0.717, 1.165) is 32.1 Å². The molecule has 4 heteroatoms. The van der Waals surface area contributed by atoms with Crippen LogP contribution in [-0.4, -0.2) is 24.7 Å². The Bertz CT molecular complexity index is 428. The van der Waals surface area contributed by atoms with E-state index in [9.17, 15) is 13.2 Å². The first-order chi connectivity index (χ1) is 9.09. The highest BCUT2D eigenvalue weighted by atomic mass is 32.2. The first-order valence-electron chi connectivity index (χ1n) is 7.85. The third kappa shape index (κ3) is 2.48. The minimum absolute atomic E-state index is 0.0434. The summed E-state index contributed by atoms with van der Waals surface area (Å²) in [4.78, 5) is 12.6. The van der Waals surface area contributed by atoms with Crippen molar-refractivity contribution < 1.29 is 13.2 Å². The molecule has 1 saturated carbocycles. The maximum Gasteiger partial charge on any atom is 0.156 e. The van der Waals surface area contributed by atoms with Gasteiger partial charge in [0.05, 0.1) is 10.5 Å². The molecule has 2 unspecified atom stereocenters. The summed E-state index contributed by atoms with van der Waals surface area (Å²) in [7, 11) is -2.91. The molecule has 0 aromatic heterocycles. The van der Waals surface area contributed by atoms with Crippen LogP contribution in [-0.2, 0) is 14.6 Å². The molecule has 2 heterocycles. The molecule has 0 N–H and O–H groups in total. The van der Waals surface area contributed by atoms with Gasteiger partial charge in [-0.2, -0.15) is 0 Å². The number of hydrogen-bond donors (Lipinski definition) is 0. The quantitative estimate of drug-likeness (QED) is 0.783. The predicted molar refractivity (Wildman–Crippen MR) is 74.7 cm³/mol. The Hall–Kier alpha value is -0.380. The molecule has 2 atom stereocenters. The van der Waals surface area contributed by atoms with Crippen molar-refractivity contribution in [3.8, 4) is 0 Å². The number of ketones is 1. The van der Waals surface area contributed by atoms with Crippen molar-refractivity contribution in [3.05, 3.63) is 0 Å². The molecule has 3 aliphatic rings. The zero-order valence-electron chi connectivity index (χ0n) is 11.5. The molecule has 2 bridgehead atoms. The van der Waals surface area contributed by atoms with Crippen LogP contribution in [0.5, 0.6) is 0 Å². The van der Waals surface area contributed by atoms with E-state index in [1.54, 1.807) is 0 Å². The number of carbonyl (C=O) groups is 1. The van der Waals surface area contributed by atoms with Crippen LogP contribution in [0.15, 0.2) is 0 Å². The van der Waals surface area contributed by atoms with E-state index in [0.29, 0.717) is 18.6 Å². The van der Waals surface area contributed by atoms with E-state index in [1.807, 2.05) is 0 Å². The molecule has 0 spiro atoms. The van der Waals surface area contributed by atoms with Gasteiger partial charge >= 0.3 is 0 Å². The zero-order valence-corrected chi connectivity index (χ0v) is 12.3. The second-order valence-electron chi connectivity index (χ2n) is 6.67. The van der Waals surface area contributed by atoms with E-state index < -0.39 is 9.84 Å². The first kappa shape index (κ1) is 13.6. The molecular weight excluding hydrogens is 260 g/mol. The summed E-state index contributed by atoms with van der Waals surface area (Å²) < 4.78 is 24.5.